The van der Waals surface area contributed by atoms with E-state index >= 15 is 0 Å². The SMILES string of the molecule is C=CCOc1cccc(C2c3c(oc4ccc(C)cc4c3=O)C(=O)N2Cc2ccc(F)cc2)c1. The maximum atomic E-state index is 13.7. The largest absolute Gasteiger partial charge is 0.490 e. The molecule has 4 aromatic rings. The number of halogens is 1. The minimum Gasteiger partial charge on any atom is -0.490 e. The number of amides is 1. The van der Waals surface area contributed by atoms with Gasteiger partial charge in [-0.15, -0.1) is 0 Å². The summed E-state index contributed by atoms with van der Waals surface area (Å²) in [5.41, 5.74) is 2.80. The standard InChI is InChI=1S/C28H22FNO4/c1-3-13-33-21-6-4-5-19(15-21)25-24-26(31)22-14-17(2)7-12-23(22)34-27(24)28(32)30(25)16-18-8-10-20(29)11-9-18/h3-12,14-15,25H,1,13,16H2,2H3. The van der Waals surface area contributed by atoms with Crippen LogP contribution in [-0.4, -0.2) is 17.4 Å². The van der Waals surface area contributed by atoms with E-state index in [2.05, 4.69) is 6.58 Å². The molecule has 3 aromatic carbocycles. The van der Waals surface area contributed by atoms with Crippen LogP contribution in [0.2, 0.25) is 0 Å². The van der Waals surface area contributed by atoms with Gasteiger partial charge in [0.25, 0.3) is 5.91 Å². The van der Waals surface area contributed by atoms with Crippen LogP contribution in [0.5, 0.6) is 5.75 Å². The molecule has 170 valence electrons. The molecule has 0 spiro atoms. The van der Waals surface area contributed by atoms with Crippen LogP contribution in [0.3, 0.4) is 0 Å². The van der Waals surface area contributed by atoms with Gasteiger partial charge >= 0.3 is 0 Å². The van der Waals surface area contributed by atoms with Gasteiger partial charge in [-0.25, -0.2) is 4.39 Å². The van der Waals surface area contributed by atoms with Gasteiger partial charge in [-0.2, -0.15) is 0 Å². The van der Waals surface area contributed by atoms with Crippen LogP contribution in [0.1, 0.15) is 38.9 Å². The number of rotatable bonds is 6. The molecule has 34 heavy (non-hydrogen) atoms. The predicted molar refractivity (Wildman–Crippen MR) is 127 cm³/mol. The first-order valence-electron chi connectivity index (χ1n) is 10.9. The van der Waals surface area contributed by atoms with E-state index in [-0.39, 0.29) is 29.5 Å². The van der Waals surface area contributed by atoms with E-state index in [0.717, 1.165) is 16.7 Å². The highest BCUT2D eigenvalue weighted by Gasteiger charge is 2.42. The quantitative estimate of drug-likeness (QED) is 0.358. The number of ether oxygens (including phenoxy) is 1. The van der Waals surface area contributed by atoms with E-state index in [1.165, 1.54) is 12.1 Å². The van der Waals surface area contributed by atoms with E-state index in [1.54, 1.807) is 41.3 Å². The molecule has 1 aliphatic rings. The van der Waals surface area contributed by atoms with Gasteiger partial charge in [0.1, 0.15) is 23.8 Å². The Morgan fingerprint density at radius 2 is 1.88 bits per heavy atom. The zero-order chi connectivity index (χ0) is 23.8. The van der Waals surface area contributed by atoms with Gasteiger partial charge in [-0.3, -0.25) is 9.59 Å². The Morgan fingerprint density at radius 3 is 2.65 bits per heavy atom. The minimum absolute atomic E-state index is 0.0332. The summed E-state index contributed by atoms with van der Waals surface area (Å²) in [6.45, 7) is 6.08. The van der Waals surface area contributed by atoms with Gasteiger partial charge in [0.15, 0.2) is 5.43 Å². The van der Waals surface area contributed by atoms with E-state index in [1.807, 2.05) is 31.2 Å². The summed E-state index contributed by atoms with van der Waals surface area (Å²) < 4.78 is 25.1. The number of aryl methyl sites for hydroxylation is 1. The lowest BCUT2D eigenvalue weighted by Crippen LogP contribution is -2.29. The topological polar surface area (TPSA) is 59.8 Å². The van der Waals surface area contributed by atoms with Crippen molar-refractivity contribution < 1.29 is 18.3 Å². The van der Waals surface area contributed by atoms with Crippen LogP contribution in [0.4, 0.5) is 4.39 Å². The van der Waals surface area contributed by atoms with Crippen molar-refractivity contribution >= 4 is 16.9 Å². The summed E-state index contributed by atoms with van der Waals surface area (Å²) in [6.07, 6.45) is 1.64. The number of carbonyl (C=O) groups excluding carboxylic acids is 1. The highest BCUT2D eigenvalue weighted by Crippen LogP contribution is 2.40. The fraction of sp³-hybridized carbons (Fsp3) is 0.143. The maximum Gasteiger partial charge on any atom is 0.291 e. The van der Waals surface area contributed by atoms with Gasteiger partial charge in [-0.05, 0) is 54.4 Å². The predicted octanol–water partition coefficient (Wildman–Crippen LogP) is 5.55. The summed E-state index contributed by atoms with van der Waals surface area (Å²) in [5, 5.41) is 0.430. The number of benzene rings is 3. The summed E-state index contributed by atoms with van der Waals surface area (Å²) in [4.78, 5) is 28.8. The average molecular weight is 455 g/mol. The maximum absolute atomic E-state index is 13.7. The molecule has 5 rings (SSSR count). The molecule has 1 aromatic heterocycles. The Kier molecular flexibility index (Phi) is 5.49. The summed E-state index contributed by atoms with van der Waals surface area (Å²) in [6, 6.07) is 17.9. The Labute approximate surface area is 195 Å². The summed E-state index contributed by atoms with van der Waals surface area (Å²) in [7, 11) is 0. The zero-order valence-corrected chi connectivity index (χ0v) is 18.6. The van der Waals surface area contributed by atoms with Crippen LogP contribution in [0, 0.1) is 12.7 Å². The van der Waals surface area contributed by atoms with Gasteiger partial charge in [0.05, 0.1) is 17.0 Å². The van der Waals surface area contributed by atoms with Gasteiger partial charge in [0, 0.05) is 6.54 Å². The number of fused-ring (bicyclic) bond motifs is 2. The Bertz CT molecular complexity index is 1470. The summed E-state index contributed by atoms with van der Waals surface area (Å²) >= 11 is 0. The van der Waals surface area contributed by atoms with E-state index in [0.29, 0.717) is 28.9 Å². The van der Waals surface area contributed by atoms with E-state index in [4.69, 9.17) is 9.15 Å². The molecule has 0 saturated carbocycles. The van der Waals surface area contributed by atoms with Crippen molar-refractivity contribution in [2.75, 3.05) is 6.61 Å². The van der Waals surface area contributed by atoms with Crippen LogP contribution >= 0.6 is 0 Å². The minimum atomic E-state index is -0.680. The van der Waals surface area contributed by atoms with Crippen molar-refractivity contribution in [1.82, 2.24) is 4.90 Å². The van der Waals surface area contributed by atoms with Gasteiger partial charge in [0.2, 0.25) is 5.76 Å². The monoisotopic (exact) mass is 455 g/mol. The lowest BCUT2D eigenvalue weighted by molar-refractivity contribution is 0.0714. The Balaban J connectivity index is 1.69. The molecule has 6 heteroatoms. The molecule has 0 saturated heterocycles. The van der Waals surface area contributed by atoms with E-state index in [9.17, 15) is 14.0 Å². The second-order valence-electron chi connectivity index (χ2n) is 8.31. The number of hydrogen-bond acceptors (Lipinski definition) is 4. The number of carbonyl (C=O) groups is 1. The first-order valence-corrected chi connectivity index (χ1v) is 10.9. The normalized spacial score (nSPS) is 14.9. The lowest BCUT2D eigenvalue weighted by Gasteiger charge is -2.25. The van der Waals surface area contributed by atoms with Crippen molar-refractivity contribution in [2.24, 2.45) is 0 Å². The fourth-order valence-electron chi connectivity index (χ4n) is 4.36. The van der Waals surface area contributed by atoms with Crippen molar-refractivity contribution in [2.45, 2.75) is 19.5 Å². The first kappa shape index (κ1) is 21.6. The average Bonchev–Trinajstić information content (AvgIpc) is 3.11. The second-order valence-corrected chi connectivity index (χ2v) is 8.31. The Morgan fingerprint density at radius 1 is 1.09 bits per heavy atom. The van der Waals surface area contributed by atoms with Crippen molar-refractivity contribution in [3.05, 3.63) is 123 Å². The van der Waals surface area contributed by atoms with Crippen LogP contribution in [-0.2, 0) is 6.54 Å². The molecule has 0 aliphatic carbocycles. The third-order valence-corrected chi connectivity index (χ3v) is 5.93. The van der Waals surface area contributed by atoms with E-state index < -0.39 is 6.04 Å². The summed E-state index contributed by atoms with van der Waals surface area (Å²) in [5.74, 6) is -0.116. The van der Waals surface area contributed by atoms with Crippen molar-refractivity contribution in [3.63, 3.8) is 0 Å². The molecule has 1 atom stereocenters. The third kappa shape index (κ3) is 3.77. The fourth-order valence-corrected chi connectivity index (χ4v) is 4.36. The molecule has 0 fully saturated rings. The highest BCUT2D eigenvalue weighted by atomic mass is 19.1. The smallest absolute Gasteiger partial charge is 0.291 e. The molecule has 0 N–H and O–H groups in total. The molecular formula is C28H22FNO4. The number of nitrogens with zero attached hydrogens (tertiary/aromatic N) is 1. The molecule has 1 unspecified atom stereocenters. The van der Waals surface area contributed by atoms with Crippen LogP contribution < -0.4 is 10.2 Å². The third-order valence-electron chi connectivity index (χ3n) is 5.93. The highest BCUT2D eigenvalue weighted by molar-refractivity contribution is 5.99. The van der Waals surface area contributed by atoms with Crippen LogP contribution in [0.15, 0.2) is 88.6 Å². The lowest BCUT2D eigenvalue weighted by atomic mass is 9.97. The number of hydrogen-bond donors (Lipinski definition) is 0. The molecule has 5 nitrogen and oxygen atoms in total. The van der Waals surface area contributed by atoms with Crippen molar-refractivity contribution in [1.29, 1.82) is 0 Å². The van der Waals surface area contributed by atoms with Crippen molar-refractivity contribution in [3.8, 4) is 5.75 Å². The molecule has 0 bridgehead atoms. The van der Waals surface area contributed by atoms with Gasteiger partial charge < -0.3 is 14.1 Å². The first-order chi connectivity index (χ1) is 16.5. The molecule has 0 radical (unpaired) electrons. The molecule has 2 heterocycles. The van der Waals surface area contributed by atoms with Crippen LogP contribution in [0.25, 0.3) is 11.0 Å². The van der Waals surface area contributed by atoms with Gasteiger partial charge in [-0.1, -0.05) is 48.6 Å². The molecule has 1 amide bonds. The Hall–Kier alpha value is -4.19. The molecule has 1 aliphatic heterocycles. The second kappa shape index (κ2) is 8.63. The zero-order valence-electron chi connectivity index (χ0n) is 18.6. The molecular weight excluding hydrogens is 433 g/mol.